The molecule has 0 spiro atoms. The second-order valence-electron chi connectivity index (χ2n) is 3.91. The minimum Gasteiger partial charge on any atom is -0.286 e. The molecule has 0 aliphatic heterocycles. The molecule has 2 rings (SSSR count). The quantitative estimate of drug-likeness (QED) is 0.617. The van der Waals surface area contributed by atoms with E-state index in [2.05, 4.69) is 15.1 Å². The van der Waals surface area contributed by atoms with E-state index in [0.29, 0.717) is 13.0 Å². The topological polar surface area (TPSA) is 96.9 Å². The lowest BCUT2D eigenvalue weighted by atomic mass is 10.2. The summed E-state index contributed by atoms with van der Waals surface area (Å²) in [7, 11) is -3.90. The molecule has 0 unspecified atom stereocenters. The zero-order valence-corrected chi connectivity index (χ0v) is 10.9. The third kappa shape index (κ3) is 4.34. The fraction of sp³-hybridized carbons (Fsp3) is 0.273. The fourth-order valence-corrected chi connectivity index (χ4v) is 2.02. The van der Waals surface area contributed by atoms with Crippen molar-refractivity contribution in [3.63, 3.8) is 0 Å². The van der Waals surface area contributed by atoms with Gasteiger partial charge in [-0.2, -0.15) is 8.42 Å². The second-order valence-corrected chi connectivity index (χ2v) is 5.48. The Morgan fingerprint density at radius 2 is 2.11 bits per heavy atom. The molecule has 0 aromatic carbocycles. The van der Waals surface area contributed by atoms with Crippen LogP contribution in [-0.4, -0.2) is 33.8 Å². The van der Waals surface area contributed by atoms with Crippen molar-refractivity contribution in [3.05, 3.63) is 37.1 Å². The van der Waals surface area contributed by atoms with Crippen molar-refractivity contribution >= 4 is 10.1 Å². The van der Waals surface area contributed by atoms with Gasteiger partial charge in [0.15, 0.2) is 12.7 Å². The first-order valence-electron chi connectivity index (χ1n) is 5.62. The Bertz CT molecular complexity index is 629. The Balaban J connectivity index is 1.99. The average Bonchev–Trinajstić information content (AvgIpc) is 2.39. The van der Waals surface area contributed by atoms with Crippen LogP contribution in [0.25, 0.3) is 11.3 Å². The van der Waals surface area contributed by atoms with Gasteiger partial charge in [0.05, 0.1) is 17.6 Å². The molecular weight excluding hydrogens is 268 g/mol. The van der Waals surface area contributed by atoms with Gasteiger partial charge in [0.1, 0.15) is 6.20 Å². The van der Waals surface area contributed by atoms with Crippen LogP contribution in [0.5, 0.6) is 0 Å². The average molecular weight is 281 g/mol. The van der Waals surface area contributed by atoms with E-state index in [1.165, 1.54) is 0 Å². The van der Waals surface area contributed by atoms with Crippen molar-refractivity contribution in [2.45, 2.75) is 13.0 Å². The van der Waals surface area contributed by atoms with Crippen LogP contribution in [0.4, 0.5) is 0 Å². The smallest absolute Gasteiger partial charge is 0.265 e. The summed E-state index contributed by atoms with van der Waals surface area (Å²) in [6, 6.07) is 1.82. The Labute approximate surface area is 110 Å². The summed E-state index contributed by atoms with van der Waals surface area (Å²) in [6.45, 7) is 0.417. The Morgan fingerprint density at radius 1 is 1.26 bits per heavy atom. The fourth-order valence-electron chi connectivity index (χ4n) is 1.53. The lowest BCUT2D eigenvalue weighted by Crippen LogP contribution is -2.38. The summed E-state index contributed by atoms with van der Waals surface area (Å²) >= 11 is 0. The van der Waals surface area contributed by atoms with Crippen molar-refractivity contribution in [2.75, 3.05) is 5.75 Å². The van der Waals surface area contributed by atoms with Gasteiger partial charge in [-0.05, 0) is 5.10 Å². The number of nitrogens with zero attached hydrogens (tertiary/aromatic N) is 4. The van der Waals surface area contributed by atoms with Crippen LogP contribution in [0, 0.1) is 0 Å². The molecule has 0 saturated carbocycles. The lowest BCUT2D eigenvalue weighted by Gasteiger charge is -1.98. The highest BCUT2D eigenvalue weighted by Crippen LogP contribution is 2.11. The molecular formula is C11H13N4O3S+. The Morgan fingerprint density at radius 3 is 2.68 bits per heavy atom. The van der Waals surface area contributed by atoms with Crippen molar-refractivity contribution in [2.24, 2.45) is 0 Å². The van der Waals surface area contributed by atoms with Crippen molar-refractivity contribution in [1.29, 1.82) is 0 Å². The van der Waals surface area contributed by atoms with E-state index in [4.69, 9.17) is 4.55 Å². The van der Waals surface area contributed by atoms with E-state index in [1.54, 1.807) is 35.7 Å². The molecule has 0 fully saturated rings. The van der Waals surface area contributed by atoms with E-state index >= 15 is 0 Å². The Kier molecular flexibility index (Phi) is 4.13. The van der Waals surface area contributed by atoms with Crippen LogP contribution in [0.2, 0.25) is 0 Å². The molecule has 2 aromatic heterocycles. The minimum atomic E-state index is -3.90. The van der Waals surface area contributed by atoms with Crippen molar-refractivity contribution < 1.29 is 17.7 Å². The summed E-state index contributed by atoms with van der Waals surface area (Å²) in [4.78, 5) is 8.12. The molecule has 0 aliphatic carbocycles. The SMILES string of the molecule is O=S(=O)(O)CCC[n+]1ccc(-c2cnccn2)cn1. The molecule has 0 amide bonds. The van der Waals surface area contributed by atoms with Gasteiger partial charge in [0, 0.05) is 30.4 Å². The maximum absolute atomic E-state index is 10.6. The highest BCUT2D eigenvalue weighted by atomic mass is 32.2. The summed E-state index contributed by atoms with van der Waals surface area (Å²) in [5.74, 6) is -0.270. The second kappa shape index (κ2) is 5.81. The number of hydrogen-bond acceptors (Lipinski definition) is 5. The predicted octanol–water partition coefficient (Wildman–Crippen LogP) is 0.104. The van der Waals surface area contributed by atoms with Crippen LogP contribution < -0.4 is 4.68 Å². The van der Waals surface area contributed by atoms with Crippen molar-refractivity contribution in [3.8, 4) is 11.3 Å². The van der Waals surface area contributed by atoms with Gasteiger partial charge in [0.25, 0.3) is 10.1 Å². The first-order chi connectivity index (χ1) is 9.04. The molecule has 19 heavy (non-hydrogen) atoms. The number of aryl methyl sites for hydroxylation is 1. The summed E-state index contributed by atoms with van der Waals surface area (Å²) < 4.78 is 31.4. The van der Waals surface area contributed by atoms with Gasteiger partial charge in [-0.15, -0.1) is 0 Å². The Hall–Kier alpha value is -1.93. The van der Waals surface area contributed by atoms with E-state index in [1.807, 2.05) is 6.07 Å². The normalized spacial score (nSPS) is 11.4. The third-order valence-electron chi connectivity index (χ3n) is 2.42. The van der Waals surface area contributed by atoms with Crippen LogP contribution in [0.3, 0.4) is 0 Å². The first-order valence-corrected chi connectivity index (χ1v) is 7.23. The molecule has 0 bridgehead atoms. The van der Waals surface area contributed by atoms with Crippen LogP contribution >= 0.6 is 0 Å². The summed E-state index contributed by atoms with van der Waals surface area (Å²) in [5, 5.41) is 4.15. The number of rotatable bonds is 5. The molecule has 100 valence electrons. The first kappa shape index (κ1) is 13.5. The molecule has 0 saturated heterocycles. The largest absolute Gasteiger partial charge is 0.286 e. The van der Waals surface area contributed by atoms with Crippen LogP contribution in [0.1, 0.15) is 6.42 Å². The lowest BCUT2D eigenvalue weighted by molar-refractivity contribution is -0.753. The van der Waals surface area contributed by atoms with E-state index in [0.717, 1.165) is 11.3 Å². The molecule has 1 N–H and O–H groups in total. The molecule has 7 nitrogen and oxygen atoms in total. The van der Waals surface area contributed by atoms with Gasteiger partial charge in [-0.3, -0.25) is 14.5 Å². The zero-order chi connectivity index (χ0) is 13.7. The van der Waals surface area contributed by atoms with Crippen molar-refractivity contribution in [1.82, 2.24) is 15.1 Å². The minimum absolute atomic E-state index is 0.270. The molecule has 0 radical (unpaired) electrons. The highest BCUT2D eigenvalue weighted by Gasteiger charge is 2.09. The number of hydrogen-bond donors (Lipinski definition) is 1. The predicted molar refractivity (Wildman–Crippen MR) is 66.5 cm³/mol. The molecule has 8 heteroatoms. The van der Waals surface area contributed by atoms with Crippen LogP contribution in [0.15, 0.2) is 37.1 Å². The van der Waals surface area contributed by atoms with E-state index < -0.39 is 10.1 Å². The van der Waals surface area contributed by atoms with Gasteiger partial charge < -0.3 is 0 Å². The van der Waals surface area contributed by atoms with E-state index in [9.17, 15) is 8.42 Å². The number of aromatic nitrogens is 4. The van der Waals surface area contributed by atoms with Gasteiger partial charge in [0.2, 0.25) is 0 Å². The van der Waals surface area contributed by atoms with E-state index in [-0.39, 0.29) is 5.75 Å². The standard InChI is InChI=1S/C11H12N4O3S/c16-19(17,18)7-1-5-15-6-2-10(8-14-15)11-9-12-3-4-13-11/h2-4,6,8-9H,1,5,7H2/p+1. The molecule has 0 aliphatic rings. The van der Waals surface area contributed by atoms with Gasteiger partial charge in [-0.25, -0.2) is 0 Å². The maximum atomic E-state index is 10.6. The van der Waals surface area contributed by atoms with Crippen LogP contribution in [-0.2, 0) is 16.7 Å². The third-order valence-corrected chi connectivity index (χ3v) is 3.22. The summed E-state index contributed by atoms with van der Waals surface area (Å²) in [6.07, 6.45) is 8.50. The molecule has 2 aromatic rings. The summed E-state index contributed by atoms with van der Waals surface area (Å²) in [5.41, 5.74) is 1.55. The maximum Gasteiger partial charge on any atom is 0.265 e. The van der Waals surface area contributed by atoms with Gasteiger partial charge in [-0.1, -0.05) is 4.68 Å². The molecule has 2 heterocycles. The monoisotopic (exact) mass is 281 g/mol. The zero-order valence-electron chi connectivity index (χ0n) is 10.0. The molecule has 0 atom stereocenters. The highest BCUT2D eigenvalue weighted by molar-refractivity contribution is 7.85. The van der Waals surface area contributed by atoms with Gasteiger partial charge >= 0.3 is 0 Å².